The number of phenolic OH excluding ortho intramolecular Hbond substituents is 2. The molecule has 11 N–H and O–H groups in total. The predicted octanol–water partition coefficient (Wildman–Crippen LogP) is 7.11. The molecule has 0 radical (unpaired) electrons. The Kier molecular flexibility index (Phi) is 18.7. The topological polar surface area (TPSA) is 650 Å². The highest BCUT2D eigenvalue weighted by molar-refractivity contribution is 7.87. The monoisotopic (exact) mass is 1410 g/mol. The van der Waals surface area contributed by atoms with Gasteiger partial charge < -0.3 is 25.8 Å². The standard InChI is InChI=1S/C42H27ClN12O25S6.O3S/c43-24-11-17(12-31(83(68,69)70)34(24)50-52-36-41(80-16-56)53-54(42(36)59)18-1-4-20(5-2-18)81(62,63)64)45-51-35-32(84(71,72)73)14-23-21(37(35)57)6-10-28(40(23)86(77,78)79)48-49-29-15-25(44)33-22(39(29)85(74,75)76)7-9-27(38(33)58)47-46-26-8-3-19(55(60)61)13-30(26)82(65,66)67;1-4(2)3/h1-16,57-59H,44H2,(H,62,63,64)(H,65,66,67)(H,68,69,70)(H,71,72,73)(H,74,75,76)(H,77,78,79);. The fraction of sp³-hybridized carbons (Fsp3) is 0. The maximum atomic E-state index is 13.1. The minimum atomic E-state index is -5.72. The van der Waals surface area contributed by atoms with Crippen molar-refractivity contribution >= 4 is 168 Å². The van der Waals surface area contributed by atoms with Gasteiger partial charge in [0.05, 0.1) is 31.6 Å². The molecule has 0 fully saturated rings. The Hall–Kier alpha value is -9.89. The average Bonchev–Trinajstić information content (AvgIpc) is 0.927. The van der Waals surface area contributed by atoms with Gasteiger partial charge in [-0.25, -0.2) is 0 Å². The molecule has 90 heavy (non-hydrogen) atoms. The second kappa shape index (κ2) is 24.9. The van der Waals surface area contributed by atoms with E-state index in [0.29, 0.717) is 35.0 Å². The Bertz CT molecular complexity index is 5400. The number of aromatic nitrogens is 2. The molecule has 0 saturated heterocycles. The number of phenols is 2. The fourth-order valence-corrected chi connectivity index (χ4v) is 12.1. The summed E-state index contributed by atoms with van der Waals surface area (Å²) in [7, 11) is -35.4. The molecule has 0 saturated carbocycles. The molecule has 8 rings (SSSR count). The van der Waals surface area contributed by atoms with E-state index < -0.39 is 212 Å². The molecule has 48 heteroatoms. The average molecular weight is 1410 g/mol. The summed E-state index contributed by atoms with van der Waals surface area (Å²) in [6.45, 7) is -0.182. The second-order valence-corrected chi connectivity index (χ2v) is 26.0. The van der Waals surface area contributed by atoms with Gasteiger partial charge in [0.1, 0.15) is 58.6 Å². The third-order valence-corrected chi connectivity index (χ3v) is 16.9. The molecule has 1 heterocycles. The van der Waals surface area contributed by atoms with Crippen LogP contribution in [0.5, 0.6) is 23.3 Å². The number of rotatable bonds is 18. The van der Waals surface area contributed by atoms with E-state index in [1.54, 1.807) is 0 Å². The summed E-state index contributed by atoms with van der Waals surface area (Å²) in [4.78, 5) is 14.4. The van der Waals surface area contributed by atoms with E-state index in [-0.39, 0.29) is 12.2 Å². The van der Waals surface area contributed by atoms with Crippen LogP contribution in [0.3, 0.4) is 0 Å². The van der Waals surface area contributed by atoms with Crippen molar-refractivity contribution < 1.29 is 120 Å². The molecule has 472 valence electrons. The molecule has 0 amide bonds. The van der Waals surface area contributed by atoms with Crippen LogP contribution in [0.1, 0.15) is 0 Å². The summed E-state index contributed by atoms with van der Waals surface area (Å²) in [5.41, 5.74) is -2.31. The number of nitrogens with zero attached hydrogens (tertiary/aromatic N) is 11. The second-order valence-electron chi connectivity index (χ2n) is 16.9. The first-order chi connectivity index (χ1) is 41.5. The Labute approximate surface area is 506 Å². The van der Waals surface area contributed by atoms with E-state index in [9.17, 15) is 108 Å². The highest BCUT2D eigenvalue weighted by atomic mass is 35.5. The molecule has 0 spiro atoms. The van der Waals surface area contributed by atoms with Gasteiger partial charge in [0, 0.05) is 34.0 Å². The molecule has 40 nitrogen and oxygen atoms in total. The number of fused-ring (bicyclic) bond motifs is 2. The summed E-state index contributed by atoms with van der Waals surface area (Å²) in [5, 5.41) is 73.7. The lowest BCUT2D eigenvalue weighted by Gasteiger charge is -2.13. The highest BCUT2D eigenvalue weighted by Gasteiger charge is 2.31. The summed E-state index contributed by atoms with van der Waals surface area (Å²) in [5.74, 6) is -4.16. The molecule has 7 aromatic carbocycles. The van der Waals surface area contributed by atoms with Gasteiger partial charge >= 0.3 is 10.6 Å². The summed E-state index contributed by atoms with van der Waals surface area (Å²) < 4.78 is 241. The number of aromatic hydroxyl groups is 3. The first kappa shape index (κ1) is 67.6. The van der Waals surface area contributed by atoms with Crippen LogP contribution in [0.25, 0.3) is 27.2 Å². The van der Waals surface area contributed by atoms with Crippen molar-refractivity contribution in [3.8, 4) is 28.9 Å². The van der Waals surface area contributed by atoms with Crippen molar-refractivity contribution in [1.29, 1.82) is 0 Å². The van der Waals surface area contributed by atoms with E-state index in [1.807, 2.05) is 0 Å². The smallest absolute Gasteiger partial charge is 0.425 e. The van der Waals surface area contributed by atoms with Crippen LogP contribution in [0, 0.1) is 10.1 Å². The Balaban J connectivity index is 0.00000279. The molecular weight excluding hydrogens is 1380 g/mol. The molecule has 0 atom stereocenters. The number of anilines is 1. The Morgan fingerprint density at radius 2 is 1.04 bits per heavy atom. The minimum Gasteiger partial charge on any atom is -0.505 e. The molecule has 0 aliphatic heterocycles. The van der Waals surface area contributed by atoms with Crippen molar-refractivity contribution in [2.75, 3.05) is 5.73 Å². The lowest BCUT2D eigenvalue weighted by Crippen LogP contribution is -2.03. The fourth-order valence-electron chi connectivity index (χ4n) is 7.71. The zero-order chi connectivity index (χ0) is 67.1. The third kappa shape index (κ3) is 14.6. The number of carbonyl (C=O) groups is 1. The Morgan fingerprint density at radius 1 is 0.544 bits per heavy atom. The van der Waals surface area contributed by atoms with E-state index in [2.05, 4.69) is 46.0 Å². The maximum absolute atomic E-state index is 13.1. The minimum absolute atomic E-state index is 0.134. The zero-order valence-electron chi connectivity index (χ0n) is 42.8. The van der Waals surface area contributed by atoms with Gasteiger partial charge in [0.25, 0.3) is 78.7 Å². The van der Waals surface area contributed by atoms with Crippen LogP contribution in [0.15, 0.2) is 161 Å². The van der Waals surface area contributed by atoms with Crippen molar-refractivity contribution in [1.82, 2.24) is 9.78 Å². The number of hydrogen-bond acceptors (Lipinski definition) is 32. The number of carbonyl (C=O) groups excluding carboxylic acids is 1. The van der Waals surface area contributed by atoms with Crippen LogP contribution in [-0.2, 0) is 76.1 Å². The largest absolute Gasteiger partial charge is 0.505 e. The van der Waals surface area contributed by atoms with Crippen molar-refractivity contribution in [3.63, 3.8) is 0 Å². The van der Waals surface area contributed by atoms with Gasteiger partial charge in [0.2, 0.25) is 11.6 Å². The molecule has 0 bridgehead atoms. The highest BCUT2D eigenvalue weighted by Crippen LogP contribution is 2.49. The summed E-state index contributed by atoms with van der Waals surface area (Å²) >= 11 is 6.31. The van der Waals surface area contributed by atoms with E-state index in [4.69, 9.17) is 34.7 Å². The number of non-ortho nitro benzene ring substituents is 1. The number of benzene rings is 7. The maximum Gasteiger partial charge on any atom is 0.425 e. The summed E-state index contributed by atoms with van der Waals surface area (Å²) in [6, 6.07) is 11.2. The van der Waals surface area contributed by atoms with Crippen molar-refractivity contribution in [3.05, 3.63) is 106 Å². The van der Waals surface area contributed by atoms with Crippen LogP contribution < -0.4 is 10.5 Å². The number of nitro groups is 1. The lowest BCUT2D eigenvalue weighted by atomic mass is 10.1. The van der Waals surface area contributed by atoms with Crippen LogP contribution in [-0.4, -0.2) is 127 Å². The number of halogens is 1. The van der Waals surface area contributed by atoms with Crippen molar-refractivity contribution in [2.24, 2.45) is 40.9 Å². The zero-order valence-corrected chi connectivity index (χ0v) is 49.2. The summed E-state index contributed by atoms with van der Waals surface area (Å²) in [6.07, 6.45) is 0. The SMILES string of the molecule is Nc1cc(N=Nc2ccc3c(O)c(N=Nc4cc(Cl)c(N=Nc5c(OC=O)nn(-c6ccc(S(=O)(=O)O)cc6)c5O)c(S(=O)(=O)O)c4)c(S(=O)(=O)O)cc3c2S(=O)(=O)O)c(S(=O)(=O)O)c2ccc(N=Nc3ccc([N+](=O)[O-])cc3S(=O)(=O)O)c(O)c12.O=S(=O)=O. The van der Waals surface area contributed by atoms with Crippen LogP contribution in [0.2, 0.25) is 5.02 Å². The quantitative estimate of drug-likeness (QED) is 0.0102. The van der Waals surface area contributed by atoms with Gasteiger partial charge in [-0.15, -0.1) is 53.5 Å². The number of azo groups is 4. The molecule has 0 aliphatic rings. The molecule has 0 aliphatic carbocycles. The number of nitrogen functional groups attached to an aromatic ring is 1. The van der Waals surface area contributed by atoms with Gasteiger partial charge in [-0.3, -0.25) is 42.2 Å². The van der Waals surface area contributed by atoms with E-state index in [0.717, 1.165) is 60.7 Å². The molecule has 8 aromatic rings. The van der Waals surface area contributed by atoms with Gasteiger partial charge in [0.15, 0.2) is 11.5 Å². The number of ether oxygens (including phenoxy) is 1. The number of hydrogen-bond donors (Lipinski definition) is 10. The molecular formula is C42H27ClN12O28S7. The predicted molar refractivity (Wildman–Crippen MR) is 297 cm³/mol. The van der Waals surface area contributed by atoms with E-state index >= 15 is 0 Å². The lowest BCUT2D eigenvalue weighted by molar-refractivity contribution is -0.385. The first-order valence-electron chi connectivity index (χ1n) is 22.4. The van der Waals surface area contributed by atoms with Gasteiger partial charge in [-0.1, -0.05) is 17.7 Å². The molecule has 1 aromatic heterocycles. The normalized spacial score (nSPS) is 12.7. The van der Waals surface area contributed by atoms with Crippen molar-refractivity contribution in [2.45, 2.75) is 29.4 Å². The van der Waals surface area contributed by atoms with Gasteiger partial charge in [-0.05, 0) is 72.8 Å². The first-order valence-corrected chi connectivity index (χ1v) is 32.4. The number of nitrogens with two attached hydrogens (primary N) is 1. The Morgan fingerprint density at radius 3 is 1.60 bits per heavy atom. The third-order valence-electron chi connectivity index (χ3n) is 11.3. The number of nitro benzene ring substituents is 1. The van der Waals surface area contributed by atoms with Gasteiger partial charge in [-0.2, -0.15) is 60.3 Å². The molecule has 0 unspecified atom stereocenters. The van der Waals surface area contributed by atoms with Crippen LogP contribution >= 0.6 is 11.6 Å². The van der Waals surface area contributed by atoms with Crippen LogP contribution in [0.4, 0.5) is 56.9 Å². The van der Waals surface area contributed by atoms with E-state index in [1.165, 1.54) is 0 Å².